The fraction of sp³-hybridized carbons (Fsp3) is 0.476. The van der Waals surface area contributed by atoms with Crippen molar-refractivity contribution in [2.75, 3.05) is 31.8 Å². The smallest absolute Gasteiger partial charge is 0.265 e. The predicted molar refractivity (Wildman–Crippen MR) is 131 cm³/mol. The van der Waals surface area contributed by atoms with E-state index in [1.165, 1.54) is 32.9 Å². The SMILES string of the molecule is Cc1cc(-c2nnc(SCC(=O)Nc3nc(C)c(C(=O)N(C)C)s3)n2CC2CCCO2)cs1. The molecule has 3 aromatic heterocycles. The fourth-order valence-electron chi connectivity index (χ4n) is 3.46. The summed E-state index contributed by atoms with van der Waals surface area (Å²) in [6.45, 7) is 5.25. The van der Waals surface area contributed by atoms with Crippen LogP contribution in [0.15, 0.2) is 16.6 Å². The molecule has 0 aliphatic carbocycles. The number of amides is 2. The summed E-state index contributed by atoms with van der Waals surface area (Å²) in [5.74, 6) is 0.609. The number of ether oxygens (including phenoxy) is 1. The number of thioether (sulfide) groups is 1. The topological polar surface area (TPSA) is 102 Å². The number of thiazole rings is 1. The van der Waals surface area contributed by atoms with Gasteiger partial charge >= 0.3 is 0 Å². The van der Waals surface area contributed by atoms with E-state index in [0.29, 0.717) is 27.4 Å². The lowest BCUT2D eigenvalue weighted by atomic mass is 10.2. The van der Waals surface area contributed by atoms with Crippen LogP contribution >= 0.6 is 34.4 Å². The molecule has 9 nitrogen and oxygen atoms in total. The quantitative estimate of drug-likeness (QED) is 0.465. The summed E-state index contributed by atoms with van der Waals surface area (Å²) in [7, 11) is 3.38. The number of anilines is 1. The number of thiophene rings is 1. The van der Waals surface area contributed by atoms with Gasteiger partial charge in [0.15, 0.2) is 16.1 Å². The Balaban J connectivity index is 1.45. The number of carbonyl (C=O) groups is 2. The molecule has 1 unspecified atom stereocenters. The molecule has 0 saturated carbocycles. The lowest BCUT2D eigenvalue weighted by molar-refractivity contribution is -0.113. The van der Waals surface area contributed by atoms with Gasteiger partial charge in [-0.05, 0) is 32.8 Å². The van der Waals surface area contributed by atoms with Crippen LogP contribution in [0, 0.1) is 13.8 Å². The molecule has 1 aliphatic heterocycles. The Morgan fingerprint density at radius 2 is 2.15 bits per heavy atom. The van der Waals surface area contributed by atoms with Crippen molar-refractivity contribution < 1.29 is 14.3 Å². The van der Waals surface area contributed by atoms with E-state index in [1.807, 2.05) is 0 Å². The molecule has 0 bridgehead atoms. The first-order valence-electron chi connectivity index (χ1n) is 10.5. The molecule has 2 amide bonds. The van der Waals surface area contributed by atoms with Crippen LogP contribution in [0.2, 0.25) is 0 Å². The summed E-state index contributed by atoms with van der Waals surface area (Å²) in [6.07, 6.45) is 2.18. The highest BCUT2D eigenvalue weighted by Gasteiger charge is 2.23. The summed E-state index contributed by atoms with van der Waals surface area (Å²) in [6, 6.07) is 2.10. The Bertz CT molecular complexity index is 1150. The molecule has 4 heterocycles. The van der Waals surface area contributed by atoms with Crippen molar-refractivity contribution in [3.8, 4) is 11.4 Å². The zero-order valence-corrected chi connectivity index (χ0v) is 21.4. The van der Waals surface area contributed by atoms with Gasteiger partial charge in [-0.25, -0.2) is 4.98 Å². The van der Waals surface area contributed by atoms with Crippen LogP contribution in [-0.2, 0) is 16.1 Å². The zero-order valence-electron chi connectivity index (χ0n) is 19.0. The fourth-order valence-corrected chi connectivity index (χ4v) is 5.90. The summed E-state index contributed by atoms with van der Waals surface area (Å²) in [5, 5.41) is 14.7. The third-order valence-corrected chi connectivity index (χ3v) is 7.98. The van der Waals surface area contributed by atoms with Gasteiger partial charge < -0.3 is 15.0 Å². The van der Waals surface area contributed by atoms with Crippen molar-refractivity contribution in [3.63, 3.8) is 0 Å². The number of rotatable bonds is 8. The summed E-state index contributed by atoms with van der Waals surface area (Å²) < 4.78 is 7.88. The maximum Gasteiger partial charge on any atom is 0.265 e. The second-order valence-corrected chi connectivity index (χ2v) is 11.0. The van der Waals surface area contributed by atoms with Crippen LogP contribution in [0.3, 0.4) is 0 Å². The average molecular weight is 507 g/mol. The van der Waals surface area contributed by atoms with Crippen molar-refractivity contribution >= 4 is 51.4 Å². The molecule has 1 aliphatic rings. The molecule has 3 aromatic rings. The number of aryl methyl sites for hydroxylation is 2. The third kappa shape index (κ3) is 5.62. The maximum absolute atomic E-state index is 12.6. The second-order valence-electron chi connectivity index (χ2n) is 7.97. The lowest BCUT2D eigenvalue weighted by Gasteiger charge is -2.14. The van der Waals surface area contributed by atoms with E-state index >= 15 is 0 Å². The van der Waals surface area contributed by atoms with Crippen molar-refractivity contribution in [3.05, 3.63) is 26.9 Å². The molecule has 1 fully saturated rings. The van der Waals surface area contributed by atoms with E-state index in [4.69, 9.17) is 4.74 Å². The Kier molecular flexibility index (Phi) is 7.47. The Hall–Kier alpha value is -2.28. The number of carbonyl (C=O) groups excluding carboxylic acids is 2. The monoisotopic (exact) mass is 506 g/mol. The van der Waals surface area contributed by atoms with Crippen molar-refractivity contribution in [1.29, 1.82) is 0 Å². The lowest BCUT2D eigenvalue weighted by Crippen LogP contribution is -2.21. The highest BCUT2D eigenvalue weighted by Crippen LogP contribution is 2.29. The van der Waals surface area contributed by atoms with Gasteiger partial charge in [0.2, 0.25) is 5.91 Å². The molecule has 0 aromatic carbocycles. The number of aromatic nitrogens is 4. The zero-order chi connectivity index (χ0) is 23.5. The highest BCUT2D eigenvalue weighted by atomic mass is 32.2. The number of nitrogens with one attached hydrogen (secondary N) is 1. The first kappa shape index (κ1) is 23.9. The van der Waals surface area contributed by atoms with E-state index in [2.05, 4.69) is 43.4 Å². The molecule has 0 radical (unpaired) electrons. The van der Waals surface area contributed by atoms with E-state index < -0.39 is 0 Å². The summed E-state index contributed by atoms with van der Waals surface area (Å²) >= 11 is 4.18. The van der Waals surface area contributed by atoms with Crippen molar-refractivity contribution in [1.82, 2.24) is 24.6 Å². The van der Waals surface area contributed by atoms with Gasteiger partial charge in [-0.1, -0.05) is 23.1 Å². The van der Waals surface area contributed by atoms with Crippen molar-refractivity contribution in [2.24, 2.45) is 0 Å². The first-order valence-corrected chi connectivity index (χ1v) is 13.2. The van der Waals surface area contributed by atoms with Gasteiger partial charge in [0.25, 0.3) is 5.91 Å². The second kappa shape index (κ2) is 10.3. The van der Waals surface area contributed by atoms with E-state index in [9.17, 15) is 9.59 Å². The molecular formula is C21H26N6O3S3. The maximum atomic E-state index is 12.6. The molecule has 176 valence electrons. The molecular weight excluding hydrogens is 480 g/mol. The first-order chi connectivity index (χ1) is 15.8. The highest BCUT2D eigenvalue weighted by molar-refractivity contribution is 7.99. The minimum absolute atomic E-state index is 0.124. The normalized spacial score (nSPS) is 15.7. The molecule has 1 N–H and O–H groups in total. The van der Waals surface area contributed by atoms with Gasteiger partial charge in [0, 0.05) is 36.5 Å². The Morgan fingerprint density at radius 1 is 1.33 bits per heavy atom. The van der Waals surface area contributed by atoms with Crippen LogP contribution < -0.4 is 5.32 Å². The van der Waals surface area contributed by atoms with Gasteiger partial charge in [-0.3, -0.25) is 14.2 Å². The standard InChI is InChI=1S/C21H26N6O3S3/c1-12-8-14(10-31-12)18-24-25-21(27(18)9-15-6-5-7-30-15)32-11-16(28)23-20-22-13(2)17(33-20)19(29)26(3)4/h8,10,15H,5-7,9,11H2,1-4H3,(H,22,23,28). The molecule has 12 heteroatoms. The van der Waals surface area contributed by atoms with Crippen LogP contribution in [0.5, 0.6) is 0 Å². The summed E-state index contributed by atoms with van der Waals surface area (Å²) in [5.41, 5.74) is 1.63. The van der Waals surface area contributed by atoms with E-state index in [0.717, 1.165) is 30.8 Å². The Morgan fingerprint density at radius 3 is 2.82 bits per heavy atom. The molecule has 4 rings (SSSR count). The molecule has 33 heavy (non-hydrogen) atoms. The third-order valence-electron chi connectivity index (χ3n) is 5.09. The van der Waals surface area contributed by atoms with Crippen LogP contribution in [0.4, 0.5) is 5.13 Å². The number of nitrogens with zero attached hydrogens (tertiary/aromatic N) is 5. The minimum Gasteiger partial charge on any atom is -0.376 e. The van der Waals surface area contributed by atoms with Gasteiger partial charge in [-0.2, -0.15) is 0 Å². The van der Waals surface area contributed by atoms with E-state index in [1.54, 1.807) is 32.4 Å². The largest absolute Gasteiger partial charge is 0.376 e. The summed E-state index contributed by atoms with van der Waals surface area (Å²) in [4.78, 5) is 32.4. The van der Waals surface area contributed by atoms with Gasteiger partial charge in [-0.15, -0.1) is 21.5 Å². The van der Waals surface area contributed by atoms with Crippen LogP contribution in [0.25, 0.3) is 11.4 Å². The minimum atomic E-state index is -0.211. The number of hydrogen-bond acceptors (Lipinski definition) is 9. The number of hydrogen-bond donors (Lipinski definition) is 1. The molecule has 1 saturated heterocycles. The van der Waals surface area contributed by atoms with E-state index in [-0.39, 0.29) is 23.7 Å². The molecule has 1 atom stereocenters. The molecule has 0 spiro atoms. The van der Waals surface area contributed by atoms with Crippen LogP contribution in [-0.4, -0.2) is 69.0 Å². The van der Waals surface area contributed by atoms with Crippen molar-refractivity contribution in [2.45, 2.75) is 44.5 Å². The van der Waals surface area contributed by atoms with Gasteiger partial charge in [0.05, 0.1) is 24.1 Å². The van der Waals surface area contributed by atoms with Gasteiger partial charge in [0.1, 0.15) is 4.88 Å². The van der Waals surface area contributed by atoms with Crippen LogP contribution in [0.1, 0.15) is 33.1 Å². The Labute approximate surface area is 204 Å². The average Bonchev–Trinajstić information content (AvgIpc) is 3.55. The predicted octanol–water partition coefficient (Wildman–Crippen LogP) is 3.69.